The highest BCUT2D eigenvalue weighted by molar-refractivity contribution is 5.19. The van der Waals surface area contributed by atoms with Crippen LogP contribution >= 0.6 is 0 Å². The second-order valence-electron chi connectivity index (χ2n) is 3.29. The van der Waals surface area contributed by atoms with Crippen molar-refractivity contribution in [1.82, 2.24) is 5.32 Å². The first-order valence-electron chi connectivity index (χ1n) is 4.54. The van der Waals surface area contributed by atoms with Crippen LogP contribution < -0.4 is 5.32 Å². The standard InChI is InChI=1S/C11H13FN2/c1-8(7-13)14-9(2)10-3-5-11(12)6-4-10/h3-6,8-9,14H,1-2H3/t8?,9-/m1/s1. The van der Waals surface area contributed by atoms with Gasteiger partial charge in [-0.2, -0.15) is 5.26 Å². The van der Waals surface area contributed by atoms with Crippen LogP contribution in [0.5, 0.6) is 0 Å². The van der Waals surface area contributed by atoms with Crippen LogP contribution in [0.25, 0.3) is 0 Å². The monoisotopic (exact) mass is 192 g/mol. The van der Waals surface area contributed by atoms with Gasteiger partial charge in [-0.15, -0.1) is 0 Å². The Kier molecular flexibility index (Phi) is 3.61. The molecule has 0 aliphatic carbocycles. The number of hydrogen-bond donors (Lipinski definition) is 1. The lowest BCUT2D eigenvalue weighted by Gasteiger charge is -2.15. The molecule has 0 aliphatic rings. The second-order valence-corrected chi connectivity index (χ2v) is 3.29. The molecule has 0 saturated carbocycles. The minimum atomic E-state index is -0.241. The Bertz CT molecular complexity index is 326. The summed E-state index contributed by atoms with van der Waals surface area (Å²) < 4.78 is 12.6. The summed E-state index contributed by atoms with van der Waals surface area (Å²) in [5.74, 6) is -0.241. The van der Waals surface area contributed by atoms with Gasteiger partial charge in [0.15, 0.2) is 0 Å². The fourth-order valence-electron chi connectivity index (χ4n) is 1.26. The van der Waals surface area contributed by atoms with Crippen LogP contribution in [-0.4, -0.2) is 6.04 Å². The number of rotatable bonds is 3. The van der Waals surface area contributed by atoms with Gasteiger partial charge in [-0.25, -0.2) is 4.39 Å². The zero-order valence-corrected chi connectivity index (χ0v) is 8.29. The van der Waals surface area contributed by atoms with Crippen molar-refractivity contribution in [2.24, 2.45) is 0 Å². The van der Waals surface area contributed by atoms with Crippen LogP contribution in [0.2, 0.25) is 0 Å². The fraction of sp³-hybridized carbons (Fsp3) is 0.364. The number of nitrogens with zero attached hydrogens (tertiary/aromatic N) is 1. The van der Waals surface area contributed by atoms with E-state index in [0.29, 0.717) is 0 Å². The summed E-state index contributed by atoms with van der Waals surface area (Å²) >= 11 is 0. The third kappa shape index (κ3) is 2.82. The average Bonchev–Trinajstić information content (AvgIpc) is 2.18. The van der Waals surface area contributed by atoms with E-state index in [1.807, 2.05) is 6.92 Å². The SMILES string of the molecule is CC(C#N)N[C@H](C)c1ccc(F)cc1. The Balaban J connectivity index is 2.66. The molecule has 0 spiro atoms. The molecule has 3 heteroatoms. The highest BCUT2D eigenvalue weighted by Gasteiger charge is 2.07. The van der Waals surface area contributed by atoms with E-state index in [9.17, 15) is 4.39 Å². The third-order valence-corrected chi connectivity index (χ3v) is 2.06. The number of hydrogen-bond acceptors (Lipinski definition) is 2. The molecule has 0 fully saturated rings. The summed E-state index contributed by atoms with van der Waals surface area (Å²) in [6.45, 7) is 3.74. The van der Waals surface area contributed by atoms with Gasteiger partial charge in [-0.3, -0.25) is 5.32 Å². The molecular weight excluding hydrogens is 179 g/mol. The first-order chi connectivity index (χ1) is 6.63. The number of benzene rings is 1. The van der Waals surface area contributed by atoms with Gasteiger partial charge in [-0.05, 0) is 31.5 Å². The van der Waals surface area contributed by atoms with E-state index < -0.39 is 0 Å². The normalized spacial score (nSPS) is 14.4. The number of nitriles is 1. The summed E-state index contributed by atoms with van der Waals surface area (Å²) in [6, 6.07) is 8.23. The zero-order valence-electron chi connectivity index (χ0n) is 8.29. The molecule has 0 heterocycles. The summed E-state index contributed by atoms with van der Waals surface area (Å²) in [5.41, 5.74) is 0.980. The van der Waals surface area contributed by atoms with Gasteiger partial charge in [0, 0.05) is 6.04 Å². The molecule has 2 atom stereocenters. The Morgan fingerprint density at radius 3 is 2.36 bits per heavy atom. The lowest BCUT2D eigenvalue weighted by Crippen LogP contribution is -2.27. The molecule has 0 bridgehead atoms. The van der Waals surface area contributed by atoms with Gasteiger partial charge in [0.1, 0.15) is 5.82 Å². The average molecular weight is 192 g/mol. The van der Waals surface area contributed by atoms with Crippen molar-refractivity contribution in [2.45, 2.75) is 25.9 Å². The van der Waals surface area contributed by atoms with Crippen molar-refractivity contribution in [3.8, 4) is 6.07 Å². The van der Waals surface area contributed by atoms with Crippen molar-refractivity contribution in [3.05, 3.63) is 35.6 Å². The minimum Gasteiger partial charge on any atom is -0.296 e. The number of nitrogens with one attached hydrogen (secondary N) is 1. The lowest BCUT2D eigenvalue weighted by molar-refractivity contribution is 0.541. The Morgan fingerprint density at radius 2 is 1.86 bits per heavy atom. The predicted octanol–water partition coefficient (Wildman–Crippen LogP) is 2.39. The molecule has 1 N–H and O–H groups in total. The molecule has 2 nitrogen and oxygen atoms in total. The molecule has 0 amide bonds. The van der Waals surface area contributed by atoms with Crippen LogP contribution in [0.1, 0.15) is 25.5 Å². The van der Waals surface area contributed by atoms with Gasteiger partial charge in [0.25, 0.3) is 0 Å². The molecule has 0 saturated heterocycles. The largest absolute Gasteiger partial charge is 0.296 e. The van der Waals surface area contributed by atoms with Gasteiger partial charge >= 0.3 is 0 Å². The summed E-state index contributed by atoms with van der Waals surface area (Å²) in [6.07, 6.45) is 0. The first-order valence-corrected chi connectivity index (χ1v) is 4.54. The van der Waals surface area contributed by atoms with Crippen molar-refractivity contribution < 1.29 is 4.39 Å². The fourth-order valence-corrected chi connectivity index (χ4v) is 1.26. The highest BCUT2D eigenvalue weighted by atomic mass is 19.1. The maximum Gasteiger partial charge on any atom is 0.123 e. The van der Waals surface area contributed by atoms with Gasteiger partial charge in [0.05, 0.1) is 12.1 Å². The van der Waals surface area contributed by atoms with E-state index in [4.69, 9.17) is 5.26 Å². The topological polar surface area (TPSA) is 35.8 Å². The Hall–Kier alpha value is -1.40. The maximum absolute atomic E-state index is 12.6. The van der Waals surface area contributed by atoms with Crippen molar-refractivity contribution in [1.29, 1.82) is 5.26 Å². The van der Waals surface area contributed by atoms with Crippen LogP contribution in [-0.2, 0) is 0 Å². The molecule has 0 aliphatic heterocycles. The molecule has 74 valence electrons. The van der Waals surface area contributed by atoms with E-state index in [2.05, 4.69) is 11.4 Å². The molecule has 14 heavy (non-hydrogen) atoms. The van der Waals surface area contributed by atoms with Crippen LogP contribution in [0.3, 0.4) is 0 Å². The van der Waals surface area contributed by atoms with Crippen molar-refractivity contribution in [3.63, 3.8) is 0 Å². The van der Waals surface area contributed by atoms with E-state index in [1.54, 1.807) is 19.1 Å². The molecule has 0 aromatic heterocycles. The van der Waals surface area contributed by atoms with Crippen LogP contribution in [0, 0.1) is 17.1 Å². The Morgan fingerprint density at radius 1 is 1.29 bits per heavy atom. The third-order valence-electron chi connectivity index (χ3n) is 2.06. The summed E-state index contributed by atoms with van der Waals surface area (Å²) in [7, 11) is 0. The van der Waals surface area contributed by atoms with Gasteiger partial charge in [0.2, 0.25) is 0 Å². The zero-order chi connectivity index (χ0) is 10.6. The maximum atomic E-state index is 12.6. The molecule has 1 aromatic rings. The first kappa shape index (κ1) is 10.7. The van der Waals surface area contributed by atoms with Crippen LogP contribution in [0.4, 0.5) is 4.39 Å². The van der Waals surface area contributed by atoms with E-state index >= 15 is 0 Å². The minimum absolute atomic E-state index is 0.0604. The Labute approximate surface area is 83.4 Å². The van der Waals surface area contributed by atoms with E-state index in [-0.39, 0.29) is 17.9 Å². The summed E-state index contributed by atoms with van der Waals surface area (Å²) in [4.78, 5) is 0. The van der Waals surface area contributed by atoms with Gasteiger partial charge < -0.3 is 0 Å². The quantitative estimate of drug-likeness (QED) is 0.798. The van der Waals surface area contributed by atoms with E-state index in [0.717, 1.165) is 5.56 Å². The number of halogens is 1. The lowest BCUT2D eigenvalue weighted by atomic mass is 10.1. The molecule has 1 aromatic carbocycles. The van der Waals surface area contributed by atoms with E-state index in [1.165, 1.54) is 12.1 Å². The molecule has 1 unspecified atom stereocenters. The van der Waals surface area contributed by atoms with Crippen LogP contribution in [0.15, 0.2) is 24.3 Å². The molecular formula is C11H13FN2. The molecule has 0 radical (unpaired) electrons. The summed E-state index contributed by atoms with van der Waals surface area (Å²) in [5, 5.41) is 11.7. The van der Waals surface area contributed by atoms with Crippen molar-refractivity contribution >= 4 is 0 Å². The second kappa shape index (κ2) is 4.73. The highest BCUT2D eigenvalue weighted by Crippen LogP contribution is 2.13. The smallest absolute Gasteiger partial charge is 0.123 e. The van der Waals surface area contributed by atoms with Crippen molar-refractivity contribution in [2.75, 3.05) is 0 Å². The molecule has 1 rings (SSSR count). The van der Waals surface area contributed by atoms with Gasteiger partial charge in [-0.1, -0.05) is 12.1 Å². The predicted molar refractivity (Wildman–Crippen MR) is 53.0 cm³/mol.